The van der Waals surface area contributed by atoms with E-state index < -0.39 is 15.4 Å². The van der Waals surface area contributed by atoms with E-state index in [1.165, 1.54) is 29.5 Å². The van der Waals surface area contributed by atoms with E-state index >= 15 is 0 Å². The van der Waals surface area contributed by atoms with Gasteiger partial charge in [-0.05, 0) is 86.1 Å². The molecule has 10 heteroatoms. The van der Waals surface area contributed by atoms with Gasteiger partial charge in [0.2, 0.25) is 10.0 Å². The zero-order valence-corrected chi connectivity index (χ0v) is 23.4. The number of benzene rings is 2. The second-order valence-electron chi connectivity index (χ2n) is 10.2. The van der Waals surface area contributed by atoms with Crippen molar-refractivity contribution in [2.45, 2.75) is 49.4 Å². The Hall–Kier alpha value is -1.84. The Bertz CT molecular complexity index is 1250. The van der Waals surface area contributed by atoms with Gasteiger partial charge in [0.1, 0.15) is 12.4 Å². The number of nitrogens with one attached hydrogen (secondary N) is 1. The molecule has 200 valence electrons. The Morgan fingerprint density at radius 2 is 1.92 bits per heavy atom. The van der Waals surface area contributed by atoms with Crippen molar-refractivity contribution < 1.29 is 13.2 Å². The first kappa shape index (κ1) is 26.8. The number of rotatable bonds is 9. The van der Waals surface area contributed by atoms with Crippen LogP contribution in [0.25, 0.3) is 0 Å². The van der Waals surface area contributed by atoms with Crippen LogP contribution < -0.4 is 9.46 Å². The van der Waals surface area contributed by atoms with Gasteiger partial charge in [0.15, 0.2) is 5.37 Å². The van der Waals surface area contributed by atoms with Gasteiger partial charge in [-0.3, -0.25) is 9.89 Å². The van der Waals surface area contributed by atoms with Crippen molar-refractivity contribution in [3.63, 3.8) is 0 Å². The Kier molecular flexibility index (Phi) is 8.31. The topological polar surface area (TPSA) is 74.2 Å². The fourth-order valence-electron chi connectivity index (χ4n) is 5.78. The third-order valence-electron chi connectivity index (χ3n) is 7.65. The standard InChI is InChI=1S/C27H34Cl2N4O3S/c1-32-17-27(30-18-32)37(34,35)31-10-13-36-21-7-5-20-6-9-26(33-11-2-3-12-33)23(22(20)16-21)14-19-4-8-24(28)25(29)15-19/h4-5,7-8,15-16,18,23,26-27,31H,2-3,6,9-14,17H2,1H3. The van der Waals surface area contributed by atoms with Crippen molar-refractivity contribution in [1.29, 1.82) is 0 Å². The van der Waals surface area contributed by atoms with Crippen molar-refractivity contribution in [2.24, 2.45) is 4.99 Å². The number of hydrogen-bond donors (Lipinski definition) is 1. The van der Waals surface area contributed by atoms with Crippen molar-refractivity contribution in [3.05, 3.63) is 63.1 Å². The Balaban J connectivity index is 1.29. The number of halogens is 2. The summed E-state index contributed by atoms with van der Waals surface area (Å²) < 4.78 is 33.6. The summed E-state index contributed by atoms with van der Waals surface area (Å²) in [6.45, 7) is 3.10. The van der Waals surface area contributed by atoms with E-state index in [2.05, 4.69) is 32.8 Å². The van der Waals surface area contributed by atoms with E-state index in [4.69, 9.17) is 27.9 Å². The smallest absolute Gasteiger partial charge is 0.236 e. The molecule has 1 fully saturated rings. The van der Waals surface area contributed by atoms with Crippen LogP contribution in [0.15, 0.2) is 41.4 Å². The number of likely N-dealkylation sites (N-methyl/N-ethyl adjacent to an activating group) is 1. The third kappa shape index (κ3) is 6.25. The number of ether oxygens (including phenoxy) is 1. The Morgan fingerprint density at radius 1 is 1.11 bits per heavy atom. The Labute approximate surface area is 229 Å². The molecule has 3 atom stereocenters. The monoisotopic (exact) mass is 564 g/mol. The van der Waals surface area contributed by atoms with Crippen LogP contribution in [0, 0.1) is 0 Å². The van der Waals surface area contributed by atoms with Crippen LogP contribution in [0.3, 0.4) is 0 Å². The number of hydrogen-bond acceptors (Lipinski definition) is 6. The molecule has 5 rings (SSSR count). The number of likely N-dealkylation sites (tertiary alicyclic amines) is 1. The first-order valence-corrected chi connectivity index (χ1v) is 15.3. The zero-order chi connectivity index (χ0) is 26.0. The molecule has 0 spiro atoms. The maximum atomic E-state index is 12.5. The van der Waals surface area contributed by atoms with Gasteiger partial charge in [-0.15, -0.1) is 0 Å². The summed E-state index contributed by atoms with van der Waals surface area (Å²) in [5, 5.41) is 0.386. The highest BCUT2D eigenvalue weighted by Crippen LogP contribution is 2.40. The van der Waals surface area contributed by atoms with Crippen molar-refractivity contribution >= 4 is 39.6 Å². The third-order valence-corrected chi connectivity index (χ3v) is 9.98. The van der Waals surface area contributed by atoms with Crippen LogP contribution in [0.2, 0.25) is 10.0 Å². The molecular formula is C27H34Cl2N4O3S. The normalized spacial score (nSPS) is 24.0. The van der Waals surface area contributed by atoms with Gasteiger partial charge in [-0.1, -0.05) is 35.3 Å². The predicted octanol–water partition coefficient (Wildman–Crippen LogP) is 4.33. The van der Waals surface area contributed by atoms with Crippen LogP contribution in [0.5, 0.6) is 5.75 Å². The van der Waals surface area contributed by atoms with E-state index in [-0.39, 0.29) is 13.2 Å². The van der Waals surface area contributed by atoms with E-state index in [0.29, 0.717) is 28.5 Å². The average Bonchev–Trinajstić information content (AvgIpc) is 3.57. The van der Waals surface area contributed by atoms with E-state index in [1.54, 1.807) is 18.3 Å². The van der Waals surface area contributed by atoms with Crippen LogP contribution >= 0.6 is 23.2 Å². The summed E-state index contributed by atoms with van der Waals surface area (Å²) in [7, 11) is -1.72. The zero-order valence-electron chi connectivity index (χ0n) is 21.1. The van der Waals surface area contributed by atoms with Gasteiger partial charge in [0.25, 0.3) is 0 Å². The second-order valence-corrected chi connectivity index (χ2v) is 13.0. The largest absolute Gasteiger partial charge is 0.492 e. The van der Waals surface area contributed by atoms with Gasteiger partial charge in [0, 0.05) is 25.6 Å². The molecule has 0 aromatic heterocycles. The fourth-order valence-corrected chi connectivity index (χ4v) is 7.31. The van der Waals surface area contributed by atoms with Gasteiger partial charge in [-0.25, -0.2) is 13.1 Å². The maximum absolute atomic E-state index is 12.5. The van der Waals surface area contributed by atoms with Crippen LogP contribution in [-0.2, 0) is 22.9 Å². The summed E-state index contributed by atoms with van der Waals surface area (Å²) in [5.74, 6) is 1.08. The molecule has 7 nitrogen and oxygen atoms in total. The fraction of sp³-hybridized carbons (Fsp3) is 0.519. The molecule has 2 aliphatic heterocycles. The minimum absolute atomic E-state index is 0.193. The van der Waals surface area contributed by atoms with Gasteiger partial charge in [0.05, 0.1) is 22.9 Å². The first-order valence-electron chi connectivity index (χ1n) is 13.0. The summed E-state index contributed by atoms with van der Waals surface area (Å²) in [6.07, 6.45) is 7.13. The summed E-state index contributed by atoms with van der Waals surface area (Å²) in [6, 6.07) is 12.7. The highest BCUT2D eigenvalue weighted by atomic mass is 35.5. The minimum Gasteiger partial charge on any atom is -0.492 e. The molecule has 0 saturated carbocycles. The lowest BCUT2D eigenvalue weighted by molar-refractivity contribution is 0.188. The highest BCUT2D eigenvalue weighted by Gasteiger charge is 2.35. The average molecular weight is 566 g/mol. The predicted molar refractivity (Wildman–Crippen MR) is 150 cm³/mol. The van der Waals surface area contributed by atoms with Crippen LogP contribution in [-0.4, -0.2) is 75.8 Å². The lowest BCUT2D eigenvalue weighted by Crippen LogP contribution is -2.41. The van der Waals surface area contributed by atoms with Gasteiger partial charge < -0.3 is 9.64 Å². The number of sulfonamides is 1. The molecule has 2 heterocycles. The molecule has 0 radical (unpaired) electrons. The van der Waals surface area contributed by atoms with E-state index in [0.717, 1.165) is 38.1 Å². The van der Waals surface area contributed by atoms with E-state index in [9.17, 15) is 8.42 Å². The van der Waals surface area contributed by atoms with Gasteiger partial charge in [-0.2, -0.15) is 0 Å². The molecule has 1 N–H and O–H groups in total. The number of fused-ring (bicyclic) bond motifs is 1. The molecule has 2 aromatic carbocycles. The molecule has 3 unspecified atom stereocenters. The number of aliphatic imine (C=N–C) groups is 1. The molecule has 1 saturated heterocycles. The molecular weight excluding hydrogens is 531 g/mol. The van der Waals surface area contributed by atoms with Crippen LogP contribution in [0.4, 0.5) is 0 Å². The summed E-state index contributed by atoms with van der Waals surface area (Å²) >= 11 is 12.5. The molecule has 0 amide bonds. The molecule has 1 aliphatic carbocycles. The minimum atomic E-state index is -3.52. The second kappa shape index (κ2) is 11.5. The lowest BCUT2D eigenvalue weighted by atomic mass is 9.75. The summed E-state index contributed by atoms with van der Waals surface area (Å²) in [5.41, 5.74) is 3.85. The highest BCUT2D eigenvalue weighted by molar-refractivity contribution is 7.90. The molecule has 3 aliphatic rings. The number of aryl methyl sites for hydroxylation is 1. The quantitative estimate of drug-likeness (QED) is 0.459. The van der Waals surface area contributed by atoms with Crippen LogP contribution in [0.1, 0.15) is 41.9 Å². The first-order chi connectivity index (χ1) is 17.8. The lowest BCUT2D eigenvalue weighted by Gasteiger charge is -2.39. The van der Waals surface area contributed by atoms with Gasteiger partial charge >= 0.3 is 0 Å². The summed E-state index contributed by atoms with van der Waals surface area (Å²) in [4.78, 5) is 8.47. The van der Waals surface area contributed by atoms with Crippen molar-refractivity contribution in [3.8, 4) is 5.75 Å². The van der Waals surface area contributed by atoms with Crippen molar-refractivity contribution in [2.75, 3.05) is 39.8 Å². The Morgan fingerprint density at radius 3 is 2.65 bits per heavy atom. The number of nitrogens with zero attached hydrogens (tertiary/aromatic N) is 3. The van der Waals surface area contributed by atoms with E-state index in [1.807, 2.05) is 18.2 Å². The molecule has 2 aromatic rings. The maximum Gasteiger partial charge on any atom is 0.236 e. The van der Waals surface area contributed by atoms with Crippen molar-refractivity contribution in [1.82, 2.24) is 14.5 Å². The molecule has 37 heavy (non-hydrogen) atoms. The molecule has 0 bridgehead atoms. The SMILES string of the molecule is CN1C=NC(S(=O)(=O)NCCOc2ccc3c(c2)C(Cc2ccc(Cl)c(Cl)c2)C(N2CCCC2)CC3)C1.